The molecule has 0 aliphatic carbocycles. The van der Waals surface area contributed by atoms with Crippen LogP contribution in [0.5, 0.6) is 11.5 Å². The molecule has 0 radical (unpaired) electrons. The van der Waals surface area contributed by atoms with E-state index >= 15 is 0 Å². The van der Waals surface area contributed by atoms with Gasteiger partial charge in [0.15, 0.2) is 0 Å². The maximum Gasteiger partial charge on any atom is 0.147 e. The van der Waals surface area contributed by atoms with Crippen molar-refractivity contribution >= 4 is 18.1 Å². The number of hydrogen-bond donors (Lipinski definition) is 1. The molecule has 0 saturated carbocycles. The van der Waals surface area contributed by atoms with Gasteiger partial charge < -0.3 is 19.7 Å². The molecule has 7 heteroatoms. The molecule has 0 bridgehead atoms. The molecule has 2 fully saturated rings. The Labute approximate surface area is 158 Å². The molecule has 4 rings (SSSR count). The van der Waals surface area contributed by atoms with E-state index in [1.807, 2.05) is 12.3 Å². The van der Waals surface area contributed by atoms with E-state index in [9.17, 15) is 4.39 Å². The standard InChI is InChI=1S/C19H22FN3O2.ClH/c20-15-2-1-3-17(10-15)25-18-11-16(12-22-13-18)23-7-4-19(5-8-23)14-21-6-9-24-19;/h1-3,10-13,21H,4-9,14H2;1H. The molecule has 1 N–H and O–H groups in total. The van der Waals surface area contributed by atoms with Crippen molar-refractivity contribution in [3.8, 4) is 11.5 Å². The first-order chi connectivity index (χ1) is 12.2. The van der Waals surface area contributed by atoms with Crippen LogP contribution in [0.3, 0.4) is 0 Å². The van der Waals surface area contributed by atoms with Crippen molar-refractivity contribution in [2.75, 3.05) is 37.7 Å². The van der Waals surface area contributed by atoms with Crippen LogP contribution >= 0.6 is 12.4 Å². The zero-order valence-corrected chi connectivity index (χ0v) is 15.3. The first kappa shape index (κ1) is 18.9. The zero-order chi connectivity index (χ0) is 17.1. The number of hydrogen-bond acceptors (Lipinski definition) is 5. The number of aromatic nitrogens is 1. The Hall–Kier alpha value is -1.89. The van der Waals surface area contributed by atoms with E-state index in [0.717, 1.165) is 51.3 Å². The minimum Gasteiger partial charge on any atom is -0.456 e. The number of nitrogens with zero attached hydrogens (tertiary/aromatic N) is 2. The van der Waals surface area contributed by atoms with Gasteiger partial charge in [-0.3, -0.25) is 4.98 Å². The summed E-state index contributed by atoms with van der Waals surface area (Å²) in [5.41, 5.74) is 1.00. The van der Waals surface area contributed by atoms with E-state index in [1.165, 1.54) is 12.1 Å². The van der Waals surface area contributed by atoms with E-state index in [-0.39, 0.29) is 23.8 Å². The van der Waals surface area contributed by atoms with Gasteiger partial charge in [0.2, 0.25) is 0 Å². The van der Waals surface area contributed by atoms with Gasteiger partial charge in [0.1, 0.15) is 17.3 Å². The van der Waals surface area contributed by atoms with Gasteiger partial charge in [0, 0.05) is 38.3 Å². The van der Waals surface area contributed by atoms with Crippen LogP contribution in [0, 0.1) is 5.82 Å². The summed E-state index contributed by atoms with van der Waals surface area (Å²) in [6.45, 7) is 4.51. The molecular weight excluding hydrogens is 357 g/mol. The summed E-state index contributed by atoms with van der Waals surface area (Å²) >= 11 is 0. The molecule has 1 aromatic carbocycles. The average molecular weight is 380 g/mol. The number of morpholine rings is 1. The first-order valence-electron chi connectivity index (χ1n) is 8.71. The van der Waals surface area contributed by atoms with Gasteiger partial charge in [0.25, 0.3) is 0 Å². The number of anilines is 1. The van der Waals surface area contributed by atoms with Crippen LogP contribution in [-0.4, -0.2) is 43.4 Å². The second-order valence-corrected chi connectivity index (χ2v) is 6.63. The molecule has 0 atom stereocenters. The zero-order valence-electron chi connectivity index (χ0n) is 14.5. The predicted molar refractivity (Wildman–Crippen MR) is 101 cm³/mol. The predicted octanol–water partition coefficient (Wildman–Crippen LogP) is 3.39. The van der Waals surface area contributed by atoms with E-state index in [2.05, 4.69) is 15.2 Å². The largest absolute Gasteiger partial charge is 0.456 e. The Kier molecular flexibility index (Phi) is 5.96. The van der Waals surface area contributed by atoms with Gasteiger partial charge in [-0.25, -0.2) is 4.39 Å². The molecule has 1 spiro atoms. The van der Waals surface area contributed by atoms with Gasteiger partial charge in [-0.2, -0.15) is 0 Å². The van der Waals surface area contributed by atoms with Crippen molar-refractivity contribution < 1.29 is 13.9 Å². The topological polar surface area (TPSA) is 46.6 Å². The lowest BCUT2D eigenvalue weighted by Gasteiger charge is -2.44. The number of piperidine rings is 1. The van der Waals surface area contributed by atoms with Gasteiger partial charge in [-0.05, 0) is 25.0 Å². The lowest BCUT2D eigenvalue weighted by Crippen LogP contribution is -2.55. The molecule has 2 saturated heterocycles. The average Bonchev–Trinajstić information content (AvgIpc) is 2.63. The van der Waals surface area contributed by atoms with Crippen LogP contribution in [0.2, 0.25) is 0 Å². The van der Waals surface area contributed by atoms with E-state index in [1.54, 1.807) is 18.3 Å². The second-order valence-electron chi connectivity index (χ2n) is 6.63. The Morgan fingerprint density at radius 2 is 2.00 bits per heavy atom. The lowest BCUT2D eigenvalue weighted by atomic mass is 9.90. The minimum absolute atomic E-state index is 0. The number of benzene rings is 1. The third kappa shape index (κ3) is 4.26. The Bertz CT molecular complexity index is 730. The molecule has 140 valence electrons. The van der Waals surface area contributed by atoms with Crippen LogP contribution in [0.15, 0.2) is 42.7 Å². The normalized spacial score (nSPS) is 19.0. The van der Waals surface area contributed by atoms with E-state index < -0.39 is 0 Å². The van der Waals surface area contributed by atoms with Crippen LogP contribution < -0.4 is 15.0 Å². The summed E-state index contributed by atoms with van der Waals surface area (Å²) in [4.78, 5) is 6.58. The molecule has 2 aliphatic heterocycles. The summed E-state index contributed by atoms with van der Waals surface area (Å²) in [5, 5.41) is 3.43. The number of ether oxygens (including phenoxy) is 2. The van der Waals surface area contributed by atoms with E-state index in [4.69, 9.17) is 9.47 Å². The molecule has 26 heavy (non-hydrogen) atoms. The van der Waals surface area contributed by atoms with Gasteiger partial charge in [-0.1, -0.05) is 6.07 Å². The van der Waals surface area contributed by atoms with E-state index in [0.29, 0.717) is 11.5 Å². The third-order valence-electron chi connectivity index (χ3n) is 4.90. The molecule has 3 heterocycles. The SMILES string of the molecule is Cl.Fc1cccc(Oc2cncc(N3CCC4(CC3)CNCCO4)c2)c1. The second kappa shape index (κ2) is 8.20. The summed E-state index contributed by atoms with van der Waals surface area (Å²) in [6.07, 6.45) is 5.48. The van der Waals surface area contributed by atoms with Gasteiger partial charge in [-0.15, -0.1) is 12.4 Å². The van der Waals surface area contributed by atoms with Crippen molar-refractivity contribution in [1.82, 2.24) is 10.3 Å². The molecule has 5 nitrogen and oxygen atoms in total. The van der Waals surface area contributed by atoms with Crippen molar-refractivity contribution in [2.45, 2.75) is 18.4 Å². The summed E-state index contributed by atoms with van der Waals surface area (Å²) in [5.74, 6) is 0.765. The fourth-order valence-corrected chi connectivity index (χ4v) is 3.50. The highest BCUT2D eigenvalue weighted by atomic mass is 35.5. The molecule has 1 aromatic heterocycles. The number of nitrogens with one attached hydrogen (secondary N) is 1. The quantitative estimate of drug-likeness (QED) is 0.885. The van der Waals surface area contributed by atoms with Crippen LogP contribution in [0.1, 0.15) is 12.8 Å². The summed E-state index contributed by atoms with van der Waals surface area (Å²) < 4.78 is 25.1. The van der Waals surface area contributed by atoms with Crippen molar-refractivity contribution in [1.29, 1.82) is 0 Å². The highest BCUT2D eigenvalue weighted by Gasteiger charge is 2.37. The maximum atomic E-state index is 13.3. The molecule has 2 aromatic rings. The highest BCUT2D eigenvalue weighted by molar-refractivity contribution is 5.85. The fraction of sp³-hybridized carbons (Fsp3) is 0.421. The van der Waals surface area contributed by atoms with Crippen LogP contribution in [0.25, 0.3) is 0 Å². The van der Waals surface area contributed by atoms with Gasteiger partial charge in [0.05, 0.1) is 30.3 Å². The Morgan fingerprint density at radius 3 is 2.73 bits per heavy atom. The molecule has 0 unspecified atom stereocenters. The number of rotatable bonds is 3. The molecule has 2 aliphatic rings. The van der Waals surface area contributed by atoms with Crippen LogP contribution in [0.4, 0.5) is 10.1 Å². The highest BCUT2D eigenvalue weighted by Crippen LogP contribution is 2.31. The van der Waals surface area contributed by atoms with Gasteiger partial charge >= 0.3 is 0 Å². The summed E-state index contributed by atoms with van der Waals surface area (Å²) in [6, 6.07) is 8.08. The minimum atomic E-state index is -0.316. The van der Waals surface area contributed by atoms with Crippen molar-refractivity contribution in [3.63, 3.8) is 0 Å². The fourth-order valence-electron chi connectivity index (χ4n) is 3.50. The Balaban J connectivity index is 0.00000196. The molecule has 0 amide bonds. The molecular formula is C19H23ClFN3O2. The Morgan fingerprint density at radius 1 is 1.15 bits per heavy atom. The van der Waals surface area contributed by atoms with Crippen molar-refractivity contribution in [2.24, 2.45) is 0 Å². The summed E-state index contributed by atoms with van der Waals surface area (Å²) in [7, 11) is 0. The first-order valence-corrected chi connectivity index (χ1v) is 8.71. The monoisotopic (exact) mass is 379 g/mol. The maximum absolute atomic E-state index is 13.3. The van der Waals surface area contributed by atoms with Crippen molar-refractivity contribution in [3.05, 3.63) is 48.5 Å². The third-order valence-corrected chi connectivity index (χ3v) is 4.90. The van der Waals surface area contributed by atoms with Crippen LogP contribution in [-0.2, 0) is 4.74 Å². The number of halogens is 2. The smallest absolute Gasteiger partial charge is 0.147 e. The number of pyridine rings is 1. The lowest BCUT2D eigenvalue weighted by molar-refractivity contribution is -0.0799.